The molecule has 1 amide bonds. The van der Waals surface area contributed by atoms with Crippen LogP contribution in [-0.4, -0.2) is 37.0 Å². The van der Waals surface area contributed by atoms with Crippen LogP contribution in [0, 0.1) is 5.92 Å². The maximum atomic E-state index is 12.0. The van der Waals surface area contributed by atoms with E-state index in [0.717, 1.165) is 39.0 Å². The van der Waals surface area contributed by atoms with E-state index < -0.39 is 0 Å². The highest BCUT2D eigenvalue weighted by molar-refractivity contribution is 5.90. The molecule has 0 spiro atoms. The average molecular weight is 195 g/mol. The second-order valence-electron chi connectivity index (χ2n) is 4.21. The summed E-state index contributed by atoms with van der Waals surface area (Å²) in [5.74, 6) is 1.52. The van der Waals surface area contributed by atoms with E-state index in [1.54, 1.807) is 0 Å². The van der Waals surface area contributed by atoms with Gasteiger partial charge in [0.2, 0.25) is 5.91 Å². The van der Waals surface area contributed by atoms with Crippen LogP contribution >= 0.6 is 0 Å². The molecule has 1 heterocycles. The average Bonchev–Trinajstić information content (AvgIpc) is 2.30. The molecule has 3 heteroatoms. The highest BCUT2D eigenvalue weighted by Gasteiger charge is 2.27. The Kier molecular flexibility index (Phi) is 3.40. The van der Waals surface area contributed by atoms with Crippen molar-refractivity contribution in [2.24, 2.45) is 0 Å². The lowest BCUT2D eigenvalue weighted by atomic mass is 9.88. The Balaban J connectivity index is 1.85. The van der Waals surface area contributed by atoms with Gasteiger partial charge in [0.05, 0.1) is 5.92 Å². The van der Waals surface area contributed by atoms with E-state index in [-0.39, 0.29) is 0 Å². The molecule has 2 rings (SSSR count). The van der Waals surface area contributed by atoms with Crippen molar-refractivity contribution >= 4 is 5.91 Å². The van der Waals surface area contributed by atoms with Crippen LogP contribution < -0.4 is 5.32 Å². The van der Waals surface area contributed by atoms with Gasteiger partial charge in [-0.2, -0.15) is 0 Å². The van der Waals surface area contributed by atoms with Gasteiger partial charge in [0, 0.05) is 26.2 Å². The van der Waals surface area contributed by atoms with Gasteiger partial charge < -0.3 is 10.2 Å². The summed E-state index contributed by atoms with van der Waals surface area (Å²) in [6.45, 7) is 3.70. The molecule has 79 valence electrons. The highest BCUT2D eigenvalue weighted by atomic mass is 16.2. The normalized spacial score (nSPS) is 25.0. The molecular formula is C11H19N2O. The van der Waals surface area contributed by atoms with Gasteiger partial charge in [-0.25, -0.2) is 0 Å². The molecule has 0 aromatic carbocycles. The first-order valence-electron chi connectivity index (χ1n) is 5.72. The molecule has 1 aliphatic carbocycles. The fourth-order valence-corrected chi connectivity index (χ4v) is 2.28. The van der Waals surface area contributed by atoms with Crippen LogP contribution in [0.25, 0.3) is 0 Å². The van der Waals surface area contributed by atoms with Crippen LogP contribution in [0.5, 0.6) is 0 Å². The van der Waals surface area contributed by atoms with Crippen LogP contribution in [0.3, 0.4) is 0 Å². The van der Waals surface area contributed by atoms with Crippen molar-refractivity contribution in [1.82, 2.24) is 10.2 Å². The topological polar surface area (TPSA) is 32.3 Å². The van der Waals surface area contributed by atoms with E-state index in [1.165, 1.54) is 25.2 Å². The Bertz CT molecular complexity index is 173. The number of nitrogens with one attached hydrogen (secondary N) is 1. The van der Waals surface area contributed by atoms with Gasteiger partial charge in [0.15, 0.2) is 0 Å². The first kappa shape index (κ1) is 9.97. The molecule has 3 nitrogen and oxygen atoms in total. The molecule has 1 aliphatic heterocycles. The number of hydrogen-bond donors (Lipinski definition) is 1. The fraction of sp³-hybridized carbons (Fsp3) is 0.818. The van der Waals surface area contributed by atoms with Crippen LogP contribution in [-0.2, 0) is 4.79 Å². The van der Waals surface area contributed by atoms with Crippen molar-refractivity contribution in [3.05, 3.63) is 5.92 Å². The number of rotatable bonds is 1. The number of piperazine rings is 1. The van der Waals surface area contributed by atoms with Gasteiger partial charge in [-0.3, -0.25) is 4.79 Å². The van der Waals surface area contributed by atoms with E-state index in [1.807, 2.05) is 4.90 Å². The van der Waals surface area contributed by atoms with Crippen molar-refractivity contribution in [2.75, 3.05) is 26.2 Å². The van der Waals surface area contributed by atoms with Crippen LogP contribution in [0.1, 0.15) is 32.1 Å². The lowest BCUT2D eigenvalue weighted by Gasteiger charge is -2.31. The molecule has 0 bridgehead atoms. The zero-order valence-corrected chi connectivity index (χ0v) is 8.72. The van der Waals surface area contributed by atoms with Crippen LogP contribution in [0.15, 0.2) is 0 Å². The summed E-state index contributed by atoms with van der Waals surface area (Å²) in [5, 5.41) is 3.27. The summed E-state index contributed by atoms with van der Waals surface area (Å²) in [7, 11) is 0. The summed E-state index contributed by atoms with van der Waals surface area (Å²) in [5.41, 5.74) is 0. The SMILES string of the molecule is O=C([C]1CCCCC1)N1CCNCC1. The highest BCUT2D eigenvalue weighted by Crippen LogP contribution is 2.27. The smallest absolute Gasteiger partial charge is 0.229 e. The summed E-state index contributed by atoms with van der Waals surface area (Å²) < 4.78 is 0. The summed E-state index contributed by atoms with van der Waals surface area (Å²) in [4.78, 5) is 14.0. The zero-order chi connectivity index (χ0) is 9.80. The molecule has 1 saturated carbocycles. The molecule has 0 atom stereocenters. The molecule has 14 heavy (non-hydrogen) atoms. The Labute approximate surface area is 85.8 Å². The third kappa shape index (κ3) is 2.27. The Morgan fingerprint density at radius 2 is 1.71 bits per heavy atom. The summed E-state index contributed by atoms with van der Waals surface area (Å²) in [6, 6.07) is 0. The standard InChI is InChI=1S/C11H19N2O/c14-11(10-4-2-1-3-5-10)13-8-6-12-7-9-13/h12H,1-9H2. The van der Waals surface area contributed by atoms with Gasteiger partial charge >= 0.3 is 0 Å². The van der Waals surface area contributed by atoms with Crippen molar-refractivity contribution in [2.45, 2.75) is 32.1 Å². The third-order valence-corrected chi connectivity index (χ3v) is 3.16. The Morgan fingerprint density at radius 1 is 1.07 bits per heavy atom. The Hall–Kier alpha value is -0.570. The lowest BCUT2D eigenvalue weighted by Crippen LogP contribution is -2.48. The molecule has 0 unspecified atom stereocenters. The minimum atomic E-state index is 0.339. The van der Waals surface area contributed by atoms with Crippen LogP contribution in [0.2, 0.25) is 0 Å². The second kappa shape index (κ2) is 4.78. The molecule has 1 saturated heterocycles. The first-order chi connectivity index (χ1) is 6.88. The van der Waals surface area contributed by atoms with Crippen LogP contribution in [0.4, 0.5) is 0 Å². The third-order valence-electron chi connectivity index (χ3n) is 3.16. The molecule has 1 N–H and O–H groups in total. The number of hydrogen-bond acceptors (Lipinski definition) is 2. The predicted molar refractivity (Wildman–Crippen MR) is 55.8 cm³/mol. The van der Waals surface area contributed by atoms with Crippen molar-refractivity contribution in [1.29, 1.82) is 0 Å². The molecular weight excluding hydrogens is 176 g/mol. The second-order valence-corrected chi connectivity index (χ2v) is 4.21. The molecule has 1 radical (unpaired) electrons. The van der Waals surface area contributed by atoms with Gasteiger partial charge in [-0.05, 0) is 12.8 Å². The maximum absolute atomic E-state index is 12.0. The summed E-state index contributed by atoms with van der Waals surface area (Å²) in [6.07, 6.45) is 5.82. The monoisotopic (exact) mass is 195 g/mol. The molecule has 0 aromatic heterocycles. The quantitative estimate of drug-likeness (QED) is 0.676. The van der Waals surface area contributed by atoms with Gasteiger partial charge in [-0.1, -0.05) is 19.3 Å². The first-order valence-corrected chi connectivity index (χ1v) is 5.72. The number of carbonyl (C=O) groups is 1. The van der Waals surface area contributed by atoms with Crippen molar-refractivity contribution in [3.8, 4) is 0 Å². The van der Waals surface area contributed by atoms with E-state index in [2.05, 4.69) is 5.32 Å². The van der Waals surface area contributed by atoms with Gasteiger partial charge in [0.1, 0.15) is 0 Å². The van der Waals surface area contributed by atoms with Crippen molar-refractivity contribution < 1.29 is 4.79 Å². The van der Waals surface area contributed by atoms with Crippen molar-refractivity contribution in [3.63, 3.8) is 0 Å². The fourth-order valence-electron chi connectivity index (χ4n) is 2.28. The Morgan fingerprint density at radius 3 is 2.36 bits per heavy atom. The number of nitrogens with zero attached hydrogens (tertiary/aromatic N) is 1. The van der Waals surface area contributed by atoms with Gasteiger partial charge in [-0.15, -0.1) is 0 Å². The molecule has 0 aromatic rings. The largest absolute Gasteiger partial charge is 0.340 e. The minimum absolute atomic E-state index is 0.339. The van der Waals surface area contributed by atoms with E-state index >= 15 is 0 Å². The lowest BCUT2D eigenvalue weighted by molar-refractivity contribution is -0.130. The minimum Gasteiger partial charge on any atom is -0.340 e. The number of amides is 1. The maximum Gasteiger partial charge on any atom is 0.229 e. The number of carbonyl (C=O) groups excluding carboxylic acids is 1. The molecule has 2 fully saturated rings. The van der Waals surface area contributed by atoms with E-state index in [0.29, 0.717) is 5.91 Å². The van der Waals surface area contributed by atoms with Gasteiger partial charge in [0.25, 0.3) is 0 Å². The molecule has 2 aliphatic rings. The van der Waals surface area contributed by atoms with E-state index in [4.69, 9.17) is 0 Å². The summed E-state index contributed by atoms with van der Waals surface area (Å²) >= 11 is 0. The zero-order valence-electron chi connectivity index (χ0n) is 8.72. The van der Waals surface area contributed by atoms with E-state index in [9.17, 15) is 4.79 Å². The predicted octanol–water partition coefficient (Wildman–Crippen LogP) is 0.957.